The van der Waals surface area contributed by atoms with Gasteiger partial charge in [0.15, 0.2) is 5.76 Å². The molecular formula is C17H18N2O4. The number of morpholine rings is 1. The monoisotopic (exact) mass is 314 g/mol. The largest absolute Gasteiger partial charge is 0.458 e. The van der Waals surface area contributed by atoms with E-state index in [-0.39, 0.29) is 23.8 Å². The second-order valence-corrected chi connectivity index (χ2v) is 5.59. The first-order valence-electron chi connectivity index (χ1n) is 7.42. The fourth-order valence-corrected chi connectivity index (χ4v) is 2.72. The van der Waals surface area contributed by atoms with Gasteiger partial charge in [0.25, 0.3) is 11.8 Å². The van der Waals surface area contributed by atoms with Crippen molar-refractivity contribution in [1.29, 1.82) is 0 Å². The lowest BCUT2D eigenvalue weighted by Gasteiger charge is -2.38. The van der Waals surface area contributed by atoms with Gasteiger partial charge in [0.2, 0.25) is 0 Å². The molecule has 2 unspecified atom stereocenters. The molecule has 0 radical (unpaired) electrons. The van der Waals surface area contributed by atoms with Gasteiger partial charge in [-0.05, 0) is 12.5 Å². The molecule has 0 bridgehead atoms. The number of carbonyl (C=O) groups excluding carboxylic acids is 2. The molecule has 2 heterocycles. The standard InChI is InChI=1S/C17H18N2O4/c1-11-8-19(14(10-22-11)12-5-3-2-4-6-12)17(21)13-7-15(16(18)20)23-9-13/h2-7,9,11,14H,8,10H2,1H3,(H2,18,20). The van der Waals surface area contributed by atoms with E-state index in [4.69, 9.17) is 14.9 Å². The summed E-state index contributed by atoms with van der Waals surface area (Å²) in [4.78, 5) is 25.7. The summed E-state index contributed by atoms with van der Waals surface area (Å²) >= 11 is 0. The second kappa shape index (κ2) is 6.26. The highest BCUT2D eigenvalue weighted by molar-refractivity contribution is 5.98. The molecule has 2 atom stereocenters. The van der Waals surface area contributed by atoms with Crippen LogP contribution >= 0.6 is 0 Å². The van der Waals surface area contributed by atoms with Crippen LogP contribution in [0.25, 0.3) is 0 Å². The molecule has 2 N–H and O–H groups in total. The van der Waals surface area contributed by atoms with Crippen LogP contribution in [0.2, 0.25) is 0 Å². The van der Waals surface area contributed by atoms with Gasteiger partial charge in [-0.1, -0.05) is 30.3 Å². The van der Waals surface area contributed by atoms with Gasteiger partial charge in [-0.15, -0.1) is 0 Å². The lowest BCUT2D eigenvalue weighted by Crippen LogP contribution is -2.46. The smallest absolute Gasteiger partial charge is 0.284 e. The van der Waals surface area contributed by atoms with Gasteiger partial charge in [0.1, 0.15) is 6.26 Å². The third kappa shape index (κ3) is 3.12. The number of primary amides is 1. The minimum atomic E-state index is -0.695. The van der Waals surface area contributed by atoms with Gasteiger partial charge in [0, 0.05) is 12.6 Å². The number of rotatable bonds is 3. The fraction of sp³-hybridized carbons (Fsp3) is 0.294. The molecule has 0 spiro atoms. The fourth-order valence-electron chi connectivity index (χ4n) is 2.72. The summed E-state index contributed by atoms with van der Waals surface area (Å²) in [5, 5.41) is 0. The van der Waals surface area contributed by atoms with Crippen molar-refractivity contribution in [2.75, 3.05) is 13.2 Å². The van der Waals surface area contributed by atoms with E-state index < -0.39 is 5.91 Å². The number of amides is 2. The quantitative estimate of drug-likeness (QED) is 0.938. The van der Waals surface area contributed by atoms with Gasteiger partial charge < -0.3 is 19.8 Å². The molecule has 1 aliphatic heterocycles. The van der Waals surface area contributed by atoms with E-state index >= 15 is 0 Å². The molecule has 1 aliphatic rings. The zero-order valence-corrected chi connectivity index (χ0v) is 12.8. The third-order valence-corrected chi connectivity index (χ3v) is 3.90. The number of furan rings is 1. The SMILES string of the molecule is CC1CN(C(=O)c2coc(C(N)=O)c2)C(c2ccccc2)CO1. The third-order valence-electron chi connectivity index (χ3n) is 3.90. The highest BCUT2D eigenvalue weighted by Crippen LogP contribution is 2.28. The van der Waals surface area contributed by atoms with E-state index in [1.54, 1.807) is 4.90 Å². The molecule has 1 saturated heterocycles. The first-order chi connectivity index (χ1) is 11.1. The van der Waals surface area contributed by atoms with Crippen molar-refractivity contribution in [3.8, 4) is 0 Å². The topological polar surface area (TPSA) is 85.8 Å². The van der Waals surface area contributed by atoms with E-state index in [1.165, 1.54) is 12.3 Å². The van der Waals surface area contributed by atoms with Gasteiger partial charge >= 0.3 is 0 Å². The minimum absolute atomic E-state index is 0.0223. The van der Waals surface area contributed by atoms with Crippen LogP contribution in [0, 0.1) is 0 Å². The molecule has 0 aliphatic carbocycles. The van der Waals surface area contributed by atoms with Crippen LogP contribution < -0.4 is 5.73 Å². The summed E-state index contributed by atoms with van der Waals surface area (Å²) in [5.74, 6) is -0.921. The number of nitrogens with two attached hydrogens (primary N) is 1. The molecule has 6 heteroatoms. The normalized spacial score (nSPS) is 21.2. The lowest BCUT2D eigenvalue weighted by molar-refractivity contribution is -0.0447. The molecule has 23 heavy (non-hydrogen) atoms. The van der Waals surface area contributed by atoms with Crippen molar-refractivity contribution in [3.05, 3.63) is 59.5 Å². The number of nitrogens with zero attached hydrogens (tertiary/aromatic N) is 1. The van der Waals surface area contributed by atoms with Crippen molar-refractivity contribution < 1.29 is 18.7 Å². The zero-order valence-electron chi connectivity index (χ0n) is 12.8. The number of hydrogen-bond donors (Lipinski definition) is 1. The molecular weight excluding hydrogens is 296 g/mol. The molecule has 120 valence electrons. The summed E-state index contributed by atoms with van der Waals surface area (Å²) in [6.45, 7) is 2.82. The Morgan fingerprint density at radius 3 is 2.65 bits per heavy atom. The first-order valence-corrected chi connectivity index (χ1v) is 7.42. The number of carbonyl (C=O) groups is 2. The van der Waals surface area contributed by atoms with Gasteiger partial charge in [0.05, 0.1) is 24.3 Å². The molecule has 1 aromatic heterocycles. The average Bonchev–Trinajstić information content (AvgIpc) is 3.05. The molecule has 2 aromatic rings. The Kier molecular flexibility index (Phi) is 4.16. The molecule has 3 rings (SSSR count). The molecule has 1 aromatic carbocycles. The van der Waals surface area contributed by atoms with Crippen molar-refractivity contribution in [1.82, 2.24) is 4.90 Å². The van der Waals surface area contributed by atoms with Gasteiger partial charge in [-0.25, -0.2) is 0 Å². The molecule has 1 fully saturated rings. The minimum Gasteiger partial charge on any atom is -0.458 e. The summed E-state index contributed by atoms with van der Waals surface area (Å²) in [5.41, 5.74) is 6.49. The van der Waals surface area contributed by atoms with Crippen LogP contribution in [0.5, 0.6) is 0 Å². The van der Waals surface area contributed by atoms with E-state index in [9.17, 15) is 9.59 Å². The van der Waals surface area contributed by atoms with Crippen LogP contribution in [0.15, 0.2) is 47.1 Å². The van der Waals surface area contributed by atoms with Crippen molar-refractivity contribution in [3.63, 3.8) is 0 Å². The Hall–Kier alpha value is -2.60. The summed E-state index contributed by atoms with van der Waals surface area (Å²) < 4.78 is 10.8. The first kappa shape index (κ1) is 15.3. The Bertz CT molecular complexity index is 710. The number of benzene rings is 1. The Balaban J connectivity index is 1.89. The average molecular weight is 314 g/mol. The zero-order chi connectivity index (χ0) is 16.4. The lowest BCUT2D eigenvalue weighted by atomic mass is 10.0. The maximum atomic E-state index is 12.8. The van der Waals surface area contributed by atoms with Crippen molar-refractivity contribution in [2.45, 2.75) is 19.1 Å². The van der Waals surface area contributed by atoms with Gasteiger partial charge in [-0.3, -0.25) is 9.59 Å². The predicted molar refractivity (Wildman–Crippen MR) is 82.9 cm³/mol. The number of hydrogen-bond acceptors (Lipinski definition) is 4. The van der Waals surface area contributed by atoms with Gasteiger partial charge in [-0.2, -0.15) is 0 Å². The number of ether oxygens (including phenoxy) is 1. The Morgan fingerprint density at radius 1 is 1.26 bits per heavy atom. The highest BCUT2D eigenvalue weighted by Gasteiger charge is 2.33. The molecule has 6 nitrogen and oxygen atoms in total. The van der Waals surface area contributed by atoms with E-state index in [0.29, 0.717) is 18.7 Å². The maximum absolute atomic E-state index is 12.8. The maximum Gasteiger partial charge on any atom is 0.284 e. The van der Waals surface area contributed by atoms with Crippen LogP contribution in [-0.2, 0) is 4.74 Å². The van der Waals surface area contributed by atoms with Crippen molar-refractivity contribution in [2.24, 2.45) is 5.73 Å². The van der Waals surface area contributed by atoms with Crippen LogP contribution in [0.4, 0.5) is 0 Å². The second-order valence-electron chi connectivity index (χ2n) is 5.59. The van der Waals surface area contributed by atoms with Crippen LogP contribution in [0.1, 0.15) is 39.4 Å². The molecule has 2 amide bonds. The predicted octanol–water partition coefficient (Wildman–Crippen LogP) is 1.98. The Morgan fingerprint density at radius 2 is 2.00 bits per heavy atom. The van der Waals surface area contributed by atoms with Crippen LogP contribution in [-0.4, -0.2) is 36.0 Å². The van der Waals surface area contributed by atoms with E-state index in [0.717, 1.165) is 5.56 Å². The van der Waals surface area contributed by atoms with Crippen LogP contribution in [0.3, 0.4) is 0 Å². The summed E-state index contributed by atoms with van der Waals surface area (Å²) in [6.07, 6.45) is 1.21. The van der Waals surface area contributed by atoms with E-state index in [1.807, 2.05) is 37.3 Å². The summed E-state index contributed by atoms with van der Waals surface area (Å²) in [7, 11) is 0. The van der Waals surface area contributed by atoms with E-state index in [2.05, 4.69) is 0 Å². The Labute approximate surface area is 133 Å². The summed E-state index contributed by atoms with van der Waals surface area (Å²) in [6, 6.07) is 10.9. The molecule has 0 saturated carbocycles. The highest BCUT2D eigenvalue weighted by atomic mass is 16.5. The van der Waals surface area contributed by atoms with Crippen molar-refractivity contribution >= 4 is 11.8 Å².